The first-order valence-electron chi connectivity index (χ1n) is 7.45. The Morgan fingerprint density at radius 3 is 2.57 bits per heavy atom. The first kappa shape index (κ1) is 16.0. The standard InChI is InChI=1S/C16H23F2NO2/c1-11(13-5-3-4-6-13)19-10-12-7-8-14(20-2)15(9-12)21-16(17)18/h7-9,11,13,16,19H,3-6,10H2,1-2H3. The molecule has 1 N–H and O–H groups in total. The average molecular weight is 299 g/mol. The molecule has 21 heavy (non-hydrogen) atoms. The van der Waals surface area contributed by atoms with Crippen LogP contribution in [0.3, 0.4) is 0 Å². The molecule has 1 fully saturated rings. The van der Waals surface area contributed by atoms with Crippen molar-refractivity contribution in [2.45, 2.75) is 51.8 Å². The van der Waals surface area contributed by atoms with E-state index >= 15 is 0 Å². The molecule has 5 heteroatoms. The fourth-order valence-electron chi connectivity index (χ4n) is 2.92. The second kappa shape index (κ2) is 7.59. The smallest absolute Gasteiger partial charge is 0.387 e. The first-order chi connectivity index (χ1) is 10.1. The van der Waals surface area contributed by atoms with Gasteiger partial charge in [-0.3, -0.25) is 0 Å². The minimum absolute atomic E-state index is 0.0836. The van der Waals surface area contributed by atoms with Crippen molar-refractivity contribution in [2.24, 2.45) is 5.92 Å². The van der Waals surface area contributed by atoms with Crippen molar-refractivity contribution >= 4 is 0 Å². The molecule has 1 unspecified atom stereocenters. The summed E-state index contributed by atoms with van der Waals surface area (Å²) in [6.45, 7) is -0.0170. The van der Waals surface area contributed by atoms with Crippen LogP contribution in [0.2, 0.25) is 0 Å². The molecule has 0 heterocycles. The van der Waals surface area contributed by atoms with Gasteiger partial charge in [0.15, 0.2) is 11.5 Å². The molecule has 1 aliphatic carbocycles. The fraction of sp³-hybridized carbons (Fsp3) is 0.625. The largest absolute Gasteiger partial charge is 0.493 e. The molecule has 0 radical (unpaired) electrons. The van der Waals surface area contributed by atoms with Crippen LogP contribution < -0.4 is 14.8 Å². The highest BCUT2D eigenvalue weighted by Crippen LogP contribution is 2.30. The summed E-state index contributed by atoms with van der Waals surface area (Å²) in [6, 6.07) is 5.58. The van der Waals surface area contributed by atoms with E-state index in [1.54, 1.807) is 12.1 Å². The summed E-state index contributed by atoms with van der Waals surface area (Å²) in [5.74, 6) is 1.13. The minimum atomic E-state index is -2.85. The summed E-state index contributed by atoms with van der Waals surface area (Å²) in [4.78, 5) is 0. The van der Waals surface area contributed by atoms with Crippen LogP contribution in [0.25, 0.3) is 0 Å². The van der Waals surface area contributed by atoms with E-state index in [-0.39, 0.29) is 5.75 Å². The lowest BCUT2D eigenvalue weighted by Crippen LogP contribution is -2.31. The number of methoxy groups -OCH3 is 1. The van der Waals surface area contributed by atoms with Crippen molar-refractivity contribution in [2.75, 3.05) is 7.11 Å². The minimum Gasteiger partial charge on any atom is -0.493 e. The molecular weight excluding hydrogens is 276 g/mol. The number of benzene rings is 1. The summed E-state index contributed by atoms with van der Waals surface area (Å²) < 4.78 is 34.3. The number of halogens is 2. The second-order valence-electron chi connectivity index (χ2n) is 5.58. The zero-order chi connectivity index (χ0) is 15.2. The molecule has 0 bridgehead atoms. The Balaban J connectivity index is 1.96. The van der Waals surface area contributed by atoms with Gasteiger partial charge in [0.05, 0.1) is 7.11 Å². The lowest BCUT2D eigenvalue weighted by molar-refractivity contribution is -0.0512. The molecule has 1 aliphatic rings. The van der Waals surface area contributed by atoms with Gasteiger partial charge in [0.2, 0.25) is 0 Å². The maximum Gasteiger partial charge on any atom is 0.387 e. The highest BCUT2D eigenvalue weighted by Gasteiger charge is 2.21. The second-order valence-corrected chi connectivity index (χ2v) is 5.58. The predicted molar refractivity (Wildman–Crippen MR) is 77.9 cm³/mol. The Kier molecular flexibility index (Phi) is 5.79. The van der Waals surface area contributed by atoms with Crippen LogP contribution in [0.4, 0.5) is 8.78 Å². The Morgan fingerprint density at radius 2 is 1.95 bits per heavy atom. The Bertz CT molecular complexity index is 448. The van der Waals surface area contributed by atoms with Gasteiger partial charge in [0.25, 0.3) is 0 Å². The monoisotopic (exact) mass is 299 g/mol. The van der Waals surface area contributed by atoms with Crippen molar-refractivity contribution < 1.29 is 18.3 Å². The summed E-state index contributed by atoms with van der Waals surface area (Å²) in [5.41, 5.74) is 0.913. The zero-order valence-electron chi connectivity index (χ0n) is 12.6. The number of alkyl halides is 2. The predicted octanol–water partition coefficient (Wildman–Crippen LogP) is 3.96. The van der Waals surface area contributed by atoms with E-state index in [1.807, 2.05) is 6.07 Å². The summed E-state index contributed by atoms with van der Waals surface area (Å²) >= 11 is 0. The van der Waals surface area contributed by atoms with Crippen LogP contribution in [-0.4, -0.2) is 19.8 Å². The molecule has 3 nitrogen and oxygen atoms in total. The SMILES string of the molecule is COc1ccc(CNC(C)C2CCCC2)cc1OC(F)F. The van der Waals surface area contributed by atoms with Crippen LogP contribution >= 0.6 is 0 Å². The molecule has 2 rings (SSSR count). The van der Waals surface area contributed by atoms with Crippen LogP contribution in [0.15, 0.2) is 18.2 Å². The first-order valence-corrected chi connectivity index (χ1v) is 7.45. The molecule has 0 spiro atoms. The fourth-order valence-corrected chi connectivity index (χ4v) is 2.92. The lowest BCUT2D eigenvalue weighted by Gasteiger charge is -2.20. The number of hydrogen-bond donors (Lipinski definition) is 1. The van der Waals surface area contributed by atoms with E-state index in [4.69, 9.17) is 4.74 Å². The maximum absolute atomic E-state index is 12.4. The Labute approximate surface area is 124 Å². The number of ether oxygens (including phenoxy) is 2. The summed E-state index contributed by atoms with van der Waals surface area (Å²) in [5, 5.41) is 3.47. The van der Waals surface area contributed by atoms with Crippen molar-refractivity contribution in [1.29, 1.82) is 0 Å². The third-order valence-corrected chi connectivity index (χ3v) is 4.18. The number of hydrogen-bond acceptors (Lipinski definition) is 3. The molecule has 0 amide bonds. The van der Waals surface area contributed by atoms with E-state index in [2.05, 4.69) is 17.0 Å². The summed E-state index contributed by atoms with van der Waals surface area (Å²) in [7, 11) is 1.44. The van der Waals surface area contributed by atoms with Crippen LogP contribution in [0.1, 0.15) is 38.2 Å². The van der Waals surface area contributed by atoms with E-state index in [0.717, 1.165) is 11.5 Å². The van der Waals surface area contributed by atoms with Crippen molar-refractivity contribution in [3.63, 3.8) is 0 Å². The van der Waals surface area contributed by atoms with Crippen LogP contribution in [-0.2, 0) is 6.54 Å². The van der Waals surface area contributed by atoms with Gasteiger partial charge in [0.1, 0.15) is 0 Å². The topological polar surface area (TPSA) is 30.5 Å². The van der Waals surface area contributed by atoms with Gasteiger partial charge >= 0.3 is 6.61 Å². The maximum atomic E-state index is 12.4. The van der Waals surface area contributed by atoms with Gasteiger partial charge in [0, 0.05) is 12.6 Å². The van der Waals surface area contributed by atoms with Gasteiger partial charge in [-0.1, -0.05) is 18.9 Å². The average Bonchev–Trinajstić information content (AvgIpc) is 2.98. The van der Waals surface area contributed by atoms with Gasteiger partial charge in [-0.15, -0.1) is 0 Å². The van der Waals surface area contributed by atoms with Gasteiger partial charge < -0.3 is 14.8 Å². The molecule has 1 aromatic rings. The van der Waals surface area contributed by atoms with Gasteiger partial charge in [-0.2, -0.15) is 8.78 Å². The van der Waals surface area contributed by atoms with Crippen molar-refractivity contribution in [3.05, 3.63) is 23.8 Å². The number of rotatable bonds is 7. The van der Waals surface area contributed by atoms with Crippen LogP contribution in [0.5, 0.6) is 11.5 Å². The van der Waals surface area contributed by atoms with E-state index in [0.29, 0.717) is 18.3 Å². The molecular formula is C16H23F2NO2. The highest BCUT2D eigenvalue weighted by molar-refractivity contribution is 5.43. The van der Waals surface area contributed by atoms with Gasteiger partial charge in [-0.25, -0.2) is 0 Å². The molecule has 0 aliphatic heterocycles. The zero-order valence-corrected chi connectivity index (χ0v) is 12.6. The Morgan fingerprint density at radius 1 is 1.24 bits per heavy atom. The van der Waals surface area contributed by atoms with Crippen molar-refractivity contribution in [1.82, 2.24) is 5.32 Å². The van der Waals surface area contributed by atoms with Gasteiger partial charge in [-0.05, 0) is 43.4 Å². The van der Waals surface area contributed by atoms with Crippen molar-refractivity contribution in [3.8, 4) is 11.5 Å². The third-order valence-electron chi connectivity index (χ3n) is 4.18. The number of nitrogens with one attached hydrogen (secondary N) is 1. The van der Waals surface area contributed by atoms with E-state index in [1.165, 1.54) is 32.8 Å². The third kappa shape index (κ3) is 4.56. The molecule has 0 aromatic heterocycles. The molecule has 0 saturated heterocycles. The van der Waals surface area contributed by atoms with E-state index < -0.39 is 6.61 Å². The Hall–Kier alpha value is -1.36. The van der Waals surface area contributed by atoms with E-state index in [9.17, 15) is 8.78 Å². The molecule has 1 saturated carbocycles. The molecule has 118 valence electrons. The molecule has 1 atom stereocenters. The van der Waals surface area contributed by atoms with Crippen LogP contribution in [0, 0.1) is 5.92 Å². The highest BCUT2D eigenvalue weighted by atomic mass is 19.3. The quantitative estimate of drug-likeness (QED) is 0.826. The molecule has 1 aromatic carbocycles. The summed E-state index contributed by atoms with van der Waals surface area (Å²) in [6.07, 6.45) is 5.17. The lowest BCUT2D eigenvalue weighted by atomic mass is 9.99. The normalized spacial score (nSPS) is 17.2.